The summed E-state index contributed by atoms with van der Waals surface area (Å²) in [6.07, 6.45) is 5.52. The number of anilines is 1. The molecule has 2 aromatic carbocycles. The molecule has 1 aromatic heterocycles. The van der Waals surface area contributed by atoms with Crippen molar-refractivity contribution >= 4 is 28.3 Å². The van der Waals surface area contributed by atoms with Crippen LogP contribution >= 0.6 is 0 Å². The SMILES string of the molecule is O=C(O)N1C[C@@H](CCN2CC=C(c3ccc4[nH]ccc4c3)CC2)c2ccccc21. The first kappa shape index (κ1) is 18.0. The number of carboxylic acid groups (broad SMARTS) is 1. The fraction of sp³-hybridized carbons (Fsp3) is 0.292. The van der Waals surface area contributed by atoms with Crippen LogP contribution < -0.4 is 4.90 Å². The molecule has 0 radical (unpaired) electrons. The molecule has 0 saturated carbocycles. The van der Waals surface area contributed by atoms with Crippen molar-refractivity contribution in [3.8, 4) is 0 Å². The van der Waals surface area contributed by atoms with E-state index in [1.54, 1.807) is 0 Å². The van der Waals surface area contributed by atoms with E-state index in [4.69, 9.17) is 0 Å². The summed E-state index contributed by atoms with van der Waals surface area (Å²) in [5.74, 6) is 0.281. The van der Waals surface area contributed by atoms with Crippen LogP contribution in [0.5, 0.6) is 0 Å². The smallest absolute Gasteiger partial charge is 0.411 e. The number of benzene rings is 2. The highest BCUT2D eigenvalue weighted by molar-refractivity contribution is 5.89. The zero-order valence-corrected chi connectivity index (χ0v) is 16.3. The second kappa shape index (κ2) is 7.41. The molecule has 0 bridgehead atoms. The van der Waals surface area contributed by atoms with Crippen LogP contribution in [0.15, 0.2) is 60.8 Å². The van der Waals surface area contributed by atoms with Gasteiger partial charge in [-0.3, -0.25) is 9.80 Å². The van der Waals surface area contributed by atoms with Crippen molar-refractivity contribution in [2.45, 2.75) is 18.8 Å². The summed E-state index contributed by atoms with van der Waals surface area (Å²) in [4.78, 5) is 18.8. The lowest BCUT2D eigenvalue weighted by Crippen LogP contribution is -2.32. The fourth-order valence-corrected chi connectivity index (χ4v) is 4.69. The summed E-state index contributed by atoms with van der Waals surface area (Å²) in [6.45, 7) is 3.57. The number of aromatic nitrogens is 1. The number of H-pyrrole nitrogens is 1. The zero-order valence-electron chi connectivity index (χ0n) is 16.3. The van der Waals surface area contributed by atoms with Crippen molar-refractivity contribution in [3.05, 3.63) is 71.9 Å². The van der Waals surface area contributed by atoms with Gasteiger partial charge in [0.05, 0.1) is 5.69 Å². The monoisotopic (exact) mass is 387 g/mol. The number of fused-ring (bicyclic) bond motifs is 2. The van der Waals surface area contributed by atoms with Gasteiger partial charge < -0.3 is 10.1 Å². The van der Waals surface area contributed by atoms with Gasteiger partial charge in [-0.1, -0.05) is 30.3 Å². The molecule has 3 aromatic rings. The standard InChI is InChI=1S/C24H25N3O2/c28-24(29)27-16-20(21-3-1-2-4-23(21)27)10-14-26-12-8-17(9-13-26)18-5-6-22-19(15-18)7-11-25-22/h1-8,11,15,20,25H,9-10,12-14,16H2,(H,28,29)/t20-/m1/s1. The first-order chi connectivity index (χ1) is 14.2. The van der Waals surface area contributed by atoms with Gasteiger partial charge in [0.2, 0.25) is 0 Å². The molecule has 2 aliphatic rings. The van der Waals surface area contributed by atoms with Crippen molar-refractivity contribution in [1.82, 2.24) is 9.88 Å². The highest BCUT2D eigenvalue weighted by atomic mass is 16.4. The van der Waals surface area contributed by atoms with Gasteiger partial charge in [-0.25, -0.2) is 4.79 Å². The maximum atomic E-state index is 11.6. The van der Waals surface area contributed by atoms with Gasteiger partial charge in [0, 0.05) is 37.3 Å². The van der Waals surface area contributed by atoms with Gasteiger partial charge >= 0.3 is 6.09 Å². The molecule has 2 N–H and O–H groups in total. The van der Waals surface area contributed by atoms with Crippen molar-refractivity contribution in [3.63, 3.8) is 0 Å². The minimum absolute atomic E-state index is 0.281. The molecule has 0 aliphatic carbocycles. The highest BCUT2D eigenvalue weighted by Crippen LogP contribution is 2.38. The van der Waals surface area contributed by atoms with Crippen molar-refractivity contribution in [1.29, 1.82) is 0 Å². The van der Waals surface area contributed by atoms with Crippen LogP contribution in [0.2, 0.25) is 0 Å². The van der Waals surface area contributed by atoms with E-state index < -0.39 is 6.09 Å². The molecule has 0 saturated heterocycles. The summed E-state index contributed by atoms with van der Waals surface area (Å²) in [6, 6.07) is 16.7. The molecule has 5 heteroatoms. The Hall–Kier alpha value is -3.05. The van der Waals surface area contributed by atoms with Crippen LogP contribution in [-0.4, -0.2) is 47.3 Å². The van der Waals surface area contributed by atoms with E-state index in [1.807, 2.05) is 24.4 Å². The van der Waals surface area contributed by atoms with Gasteiger partial charge in [-0.2, -0.15) is 0 Å². The maximum Gasteiger partial charge on any atom is 0.411 e. The predicted molar refractivity (Wildman–Crippen MR) is 117 cm³/mol. The number of para-hydroxylation sites is 1. The number of aromatic amines is 1. The Morgan fingerprint density at radius 3 is 2.90 bits per heavy atom. The van der Waals surface area contributed by atoms with Gasteiger partial charge in [-0.05, 0) is 65.7 Å². The molecule has 0 fully saturated rings. The van der Waals surface area contributed by atoms with E-state index >= 15 is 0 Å². The van der Waals surface area contributed by atoms with Crippen molar-refractivity contribution in [2.75, 3.05) is 31.1 Å². The molecule has 1 atom stereocenters. The molecule has 5 rings (SSSR count). The lowest BCUT2D eigenvalue weighted by Gasteiger charge is -2.27. The van der Waals surface area contributed by atoms with Crippen LogP contribution in [0.4, 0.5) is 10.5 Å². The Kier molecular flexibility index (Phi) is 4.60. The van der Waals surface area contributed by atoms with E-state index in [9.17, 15) is 9.90 Å². The summed E-state index contributed by atoms with van der Waals surface area (Å²) in [5, 5.41) is 10.7. The third-order valence-corrected chi connectivity index (χ3v) is 6.31. The van der Waals surface area contributed by atoms with Crippen molar-refractivity contribution < 1.29 is 9.90 Å². The highest BCUT2D eigenvalue weighted by Gasteiger charge is 2.32. The Labute approximate surface area is 170 Å². The second-order valence-electron chi connectivity index (χ2n) is 8.00. The lowest BCUT2D eigenvalue weighted by atomic mass is 9.96. The lowest BCUT2D eigenvalue weighted by molar-refractivity contribution is 0.201. The van der Waals surface area contributed by atoms with Gasteiger partial charge in [0.15, 0.2) is 0 Å². The number of hydrogen-bond donors (Lipinski definition) is 2. The van der Waals surface area contributed by atoms with Crippen LogP contribution in [0.25, 0.3) is 16.5 Å². The van der Waals surface area contributed by atoms with Gasteiger partial charge in [0.25, 0.3) is 0 Å². The average Bonchev–Trinajstić information content (AvgIpc) is 3.37. The Morgan fingerprint density at radius 1 is 1.17 bits per heavy atom. The third kappa shape index (κ3) is 3.42. The number of rotatable bonds is 4. The van der Waals surface area contributed by atoms with E-state index in [-0.39, 0.29) is 5.92 Å². The predicted octanol–water partition coefficient (Wildman–Crippen LogP) is 4.93. The number of carbonyl (C=O) groups is 1. The minimum Gasteiger partial charge on any atom is -0.465 e. The van der Waals surface area contributed by atoms with Gasteiger partial charge in [0.1, 0.15) is 0 Å². The van der Waals surface area contributed by atoms with Crippen LogP contribution in [0.3, 0.4) is 0 Å². The molecule has 0 spiro atoms. The molecular weight excluding hydrogens is 362 g/mol. The normalized spacial score (nSPS) is 19.4. The second-order valence-corrected chi connectivity index (χ2v) is 8.00. The number of amides is 1. The molecule has 5 nitrogen and oxygen atoms in total. The molecule has 1 amide bonds. The molecular formula is C24H25N3O2. The molecule has 148 valence electrons. The Bertz CT molecular complexity index is 1080. The largest absolute Gasteiger partial charge is 0.465 e. The minimum atomic E-state index is -0.857. The van der Waals surface area contributed by atoms with Crippen LogP contribution in [0.1, 0.15) is 29.9 Å². The summed E-state index contributed by atoms with van der Waals surface area (Å²) < 4.78 is 0. The molecule has 3 heterocycles. The Morgan fingerprint density at radius 2 is 2.07 bits per heavy atom. The summed E-state index contributed by atoms with van der Waals surface area (Å²) >= 11 is 0. The molecule has 0 unspecified atom stereocenters. The number of nitrogens with zero attached hydrogens (tertiary/aromatic N) is 2. The average molecular weight is 387 g/mol. The van der Waals surface area contributed by atoms with E-state index in [2.05, 4.69) is 46.3 Å². The fourth-order valence-electron chi connectivity index (χ4n) is 4.69. The molecule has 2 aliphatic heterocycles. The van der Waals surface area contributed by atoms with Gasteiger partial charge in [-0.15, -0.1) is 0 Å². The Balaban J connectivity index is 1.23. The first-order valence-electron chi connectivity index (χ1n) is 10.3. The van der Waals surface area contributed by atoms with E-state index in [0.29, 0.717) is 6.54 Å². The zero-order chi connectivity index (χ0) is 19.8. The summed E-state index contributed by atoms with van der Waals surface area (Å²) in [5.41, 5.74) is 5.94. The summed E-state index contributed by atoms with van der Waals surface area (Å²) in [7, 11) is 0. The topological polar surface area (TPSA) is 59.6 Å². The maximum absolute atomic E-state index is 11.6. The van der Waals surface area contributed by atoms with E-state index in [0.717, 1.165) is 38.2 Å². The molecule has 29 heavy (non-hydrogen) atoms. The van der Waals surface area contributed by atoms with E-state index in [1.165, 1.54) is 32.5 Å². The number of hydrogen-bond acceptors (Lipinski definition) is 2. The third-order valence-electron chi connectivity index (χ3n) is 6.31. The first-order valence-corrected chi connectivity index (χ1v) is 10.3. The quantitative estimate of drug-likeness (QED) is 0.667. The van der Waals surface area contributed by atoms with Crippen LogP contribution in [-0.2, 0) is 0 Å². The van der Waals surface area contributed by atoms with Crippen molar-refractivity contribution in [2.24, 2.45) is 0 Å². The number of nitrogens with one attached hydrogen (secondary N) is 1. The van der Waals surface area contributed by atoms with Crippen LogP contribution in [0, 0.1) is 0 Å².